The quantitative estimate of drug-likeness (QED) is 0.479. The number of carbonyl (C=O) groups excluding carboxylic acids is 2. The average molecular weight is 415 g/mol. The minimum absolute atomic E-state index is 0.261. The monoisotopic (exact) mass is 414 g/mol. The second-order valence-corrected chi connectivity index (χ2v) is 7.29. The van der Waals surface area contributed by atoms with Gasteiger partial charge in [-0.3, -0.25) is 0 Å². The summed E-state index contributed by atoms with van der Waals surface area (Å²) in [5, 5.41) is 0. The molecule has 1 atom stereocenters. The van der Waals surface area contributed by atoms with Gasteiger partial charge in [0, 0.05) is 5.56 Å². The van der Waals surface area contributed by atoms with Crippen LogP contribution in [0.15, 0.2) is 77.9 Å². The van der Waals surface area contributed by atoms with Crippen molar-refractivity contribution in [1.82, 2.24) is 0 Å². The fourth-order valence-corrected chi connectivity index (χ4v) is 3.43. The third-order valence-corrected chi connectivity index (χ3v) is 5.08. The number of hydrogen-bond acceptors (Lipinski definition) is 4. The maximum absolute atomic E-state index is 12.5. The topological polar surface area (TPSA) is 52.6 Å². The first kappa shape index (κ1) is 22.1. The van der Waals surface area contributed by atoms with E-state index in [9.17, 15) is 9.59 Å². The minimum atomic E-state index is -0.335. The average Bonchev–Trinajstić information content (AvgIpc) is 2.79. The Bertz CT molecular complexity index is 1030. The molecule has 3 rings (SSSR count). The lowest BCUT2D eigenvalue weighted by molar-refractivity contribution is 0.0349. The van der Waals surface area contributed by atoms with Crippen molar-refractivity contribution in [2.24, 2.45) is 0 Å². The number of benzene rings is 2. The molecule has 0 aliphatic heterocycles. The van der Waals surface area contributed by atoms with Crippen molar-refractivity contribution in [2.45, 2.75) is 39.2 Å². The first-order valence-corrected chi connectivity index (χ1v) is 10.5. The van der Waals surface area contributed by atoms with E-state index in [1.165, 1.54) is 5.57 Å². The lowest BCUT2D eigenvalue weighted by Crippen LogP contribution is -2.23. The van der Waals surface area contributed by atoms with Gasteiger partial charge in [0.05, 0.1) is 17.7 Å². The molecule has 158 valence electrons. The number of esters is 2. The summed E-state index contributed by atoms with van der Waals surface area (Å²) in [4.78, 5) is 24.2. The zero-order valence-electron chi connectivity index (χ0n) is 17.9. The van der Waals surface area contributed by atoms with Gasteiger partial charge in [-0.2, -0.15) is 0 Å². The molecule has 4 nitrogen and oxygen atoms in total. The highest BCUT2D eigenvalue weighted by Crippen LogP contribution is 2.28. The van der Waals surface area contributed by atoms with Gasteiger partial charge in [0.2, 0.25) is 0 Å². The summed E-state index contributed by atoms with van der Waals surface area (Å²) in [5.41, 5.74) is 4.10. The highest BCUT2D eigenvalue weighted by Gasteiger charge is 2.23. The van der Waals surface area contributed by atoms with Crippen molar-refractivity contribution in [3.8, 4) is 11.8 Å². The number of rotatable bonds is 5. The van der Waals surface area contributed by atoms with E-state index in [-0.39, 0.29) is 18.0 Å². The zero-order chi connectivity index (χ0) is 22.1. The molecule has 0 fully saturated rings. The summed E-state index contributed by atoms with van der Waals surface area (Å²) in [5.74, 6) is 5.45. The van der Waals surface area contributed by atoms with Crippen LogP contribution in [-0.2, 0) is 9.47 Å². The van der Waals surface area contributed by atoms with Gasteiger partial charge in [-0.1, -0.05) is 35.6 Å². The first-order valence-electron chi connectivity index (χ1n) is 10.5. The Labute approximate surface area is 183 Å². The molecule has 1 aliphatic carbocycles. The van der Waals surface area contributed by atoms with Gasteiger partial charge >= 0.3 is 11.9 Å². The third kappa shape index (κ3) is 6.20. The lowest BCUT2D eigenvalue weighted by atomic mass is 9.90. The Hall–Kier alpha value is -3.58. The lowest BCUT2D eigenvalue weighted by Gasteiger charge is -2.25. The summed E-state index contributed by atoms with van der Waals surface area (Å²) in [6, 6.07) is 16.1. The fourth-order valence-electron chi connectivity index (χ4n) is 3.43. The van der Waals surface area contributed by atoms with Gasteiger partial charge in [0.25, 0.3) is 0 Å². The normalized spacial score (nSPS) is 15.9. The van der Waals surface area contributed by atoms with E-state index in [1.807, 2.05) is 24.3 Å². The smallest absolute Gasteiger partial charge is 0.338 e. The van der Waals surface area contributed by atoms with E-state index in [4.69, 9.17) is 9.47 Å². The van der Waals surface area contributed by atoms with Crippen LogP contribution >= 0.6 is 0 Å². The van der Waals surface area contributed by atoms with Crippen molar-refractivity contribution >= 4 is 11.9 Å². The van der Waals surface area contributed by atoms with Gasteiger partial charge < -0.3 is 9.47 Å². The molecule has 0 aromatic heterocycles. The van der Waals surface area contributed by atoms with E-state index in [2.05, 4.69) is 18.8 Å². The van der Waals surface area contributed by atoms with Gasteiger partial charge in [0.1, 0.15) is 6.10 Å². The van der Waals surface area contributed by atoms with Crippen molar-refractivity contribution in [2.75, 3.05) is 6.61 Å². The van der Waals surface area contributed by atoms with E-state index < -0.39 is 0 Å². The van der Waals surface area contributed by atoms with Gasteiger partial charge in [-0.25, -0.2) is 9.59 Å². The van der Waals surface area contributed by atoms with E-state index in [1.54, 1.807) is 49.4 Å². The molecule has 2 aromatic rings. The first-order chi connectivity index (χ1) is 15.1. The molecule has 0 radical (unpaired) electrons. The Morgan fingerprint density at radius 3 is 2.45 bits per heavy atom. The molecule has 0 bridgehead atoms. The highest BCUT2D eigenvalue weighted by molar-refractivity contribution is 5.90. The number of allylic oxidation sites excluding steroid dienone is 2. The molecule has 4 heteroatoms. The maximum atomic E-state index is 12.5. The summed E-state index contributed by atoms with van der Waals surface area (Å²) < 4.78 is 10.8. The summed E-state index contributed by atoms with van der Waals surface area (Å²) in [7, 11) is 0. The standard InChI is InChI=1S/C27H26O4/c1-3-30-26(28)23-18-16-21(17-19-23)11-7-8-14-24-20(2)10-9-15-25(24)31-27(29)22-12-5-4-6-13-22/h4-6,8,12-14,16-19,25H,3,9-10,15H2,1-2H3. The van der Waals surface area contributed by atoms with Crippen LogP contribution in [0.5, 0.6) is 0 Å². The molecule has 1 aliphatic rings. The van der Waals surface area contributed by atoms with Gasteiger partial charge in [-0.15, -0.1) is 0 Å². The minimum Gasteiger partial charge on any atom is -0.462 e. The second kappa shape index (κ2) is 11.0. The fraction of sp³-hybridized carbons (Fsp3) is 0.259. The maximum Gasteiger partial charge on any atom is 0.338 e. The molecule has 0 N–H and O–H groups in total. The van der Waals surface area contributed by atoms with Crippen LogP contribution in [0.3, 0.4) is 0 Å². The summed E-state index contributed by atoms with van der Waals surface area (Å²) in [6.07, 6.45) is 6.25. The van der Waals surface area contributed by atoms with Crippen LogP contribution in [0.4, 0.5) is 0 Å². The molecular formula is C27H26O4. The molecule has 0 amide bonds. The molecular weight excluding hydrogens is 388 g/mol. The Kier molecular flexibility index (Phi) is 7.84. The molecule has 1 unspecified atom stereocenters. The number of ether oxygens (including phenoxy) is 2. The molecule has 0 heterocycles. The predicted octanol–water partition coefficient (Wildman–Crippen LogP) is 5.50. The van der Waals surface area contributed by atoms with Gasteiger partial charge in [-0.05, 0) is 87.2 Å². The number of hydrogen-bond donors (Lipinski definition) is 0. The summed E-state index contributed by atoms with van der Waals surface area (Å²) in [6.45, 7) is 4.20. The van der Waals surface area contributed by atoms with E-state index >= 15 is 0 Å². The predicted molar refractivity (Wildman–Crippen MR) is 121 cm³/mol. The van der Waals surface area contributed by atoms with Crippen molar-refractivity contribution < 1.29 is 19.1 Å². The molecule has 0 saturated carbocycles. The molecule has 31 heavy (non-hydrogen) atoms. The van der Waals surface area contributed by atoms with Crippen molar-refractivity contribution in [3.63, 3.8) is 0 Å². The van der Waals surface area contributed by atoms with Gasteiger partial charge in [0.15, 0.2) is 0 Å². The highest BCUT2D eigenvalue weighted by atomic mass is 16.5. The Morgan fingerprint density at radius 2 is 1.74 bits per heavy atom. The second-order valence-electron chi connectivity index (χ2n) is 7.29. The van der Waals surface area contributed by atoms with Crippen molar-refractivity contribution in [1.29, 1.82) is 0 Å². The van der Waals surface area contributed by atoms with Crippen LogP contribution < -0.4 is 0 Å². The van der Waals surface area contributed by atoms with Crippen LogP contribution in [0.2, 0.25) is 0 Å². The van der Waals surface area contributed by atoms with E-state index in [0.29, 0.717) is 17.7 Å². The Balaban J connectivity index is 1.67. The van der Waals surface area contributed by atoms with Crippen LogP contribution in [0.25, 0.3) is 0 Å². The largest absolute Gasteiger partial charge is 0.462 e. The van der Waals surface area contributed by atoms with Crippen molar-refractivity contribution in [3.05, 3.63) is 94.6 Å². The molecule has 2 aromatic carbocycles. The van der Waals surface area contributed by atoms with Crippen LogP contribution in [0, 0.1) is 11.8 Å². The summed E-state index contributed by atoms with van der Waals surface area (Å²) >= 11 is 0. The molecule has 0 saturated heterocycles. The SMILES string of the molecule is CCOC(=O)c1ccc(C#CC=CC2=C(C)CCCC2OC(=O)c2ccccc2)cc1. The Morgan fingerprint density at radius 1 is 1.03 bits per heavy atom. The zero-order valence-corrected chi connectivity index (χ0v) is 17.9. The third-order valence-electron chi connectivity index (χ3n) is 5.08. The van der Waals surface area contributed by atoms with Crippen LogP contribution in [0.1, 0.15) is 59.4 Å². The molecule has 0 spiro atoms. The van der Waals surface area contributed by atoms with E-state index in [0.717, 1.165) is 30.4 Å². The van der Waals surface area contributed by atoms with Crippen LogP contribution in [-0.4, -0.2) is 24.6 Å². The number of carbonyl (C=O) groups is 2.